The molecule has 0 aliphatic carbocycles. The fraction of sp³-hybridized carbons (Fsp3) is 0.714. The quantitative estimate of drug-likeness (QED) is 0.754. The van der Waals surface area contributed by atoms with Gasteiger partial charge in [0.2, 0.25) is 0 Å². The molecular formula is C14H26N2O. The zero-order valence-electron chi connectivity index (χ0n) is 11.6. The molecule has 0 aromatic carbocycles. The number of nitrogens with one attached hydrogen (secondary N) is 1. The van der Waals surface area contributed by atoms with E-state index < -0.39 is 0 Å². The second kappa shape index (κ2) is 7.51. The number of nitrogens with zero attached hydrogens (tertiary/aromatic N) is 1. The van der Waals surface area contributed by atoms with E-state index in [9.17, 15) is 0 Å². The monoisotopic (exact) mass is 238 g/mol. The molecule has 0 bridgehead atoms. The molecule has 1 N–H and O–H groups in total. The van der Waals surface area contributed by atoms with E-state index in [2.05, 4.69) is 38.0 Å². The van der Waals surface area contributed by atoms with Crippen LogP contribution in [-0.2, 0) is 6.42 Å². The summed E-state index contributed by atoms with van der Waals surface area (Å²) < 4.78 is 5.32. The minimum atomic E-state index is 0.542. The van der Waals surface area contributed by atoms with Crippen molar-refractivity contribution < 1.29 is 4.42 Å². The lowest BCUT2D eigenvalue weighted by Crippen LogP contribution is -2.37. The van der Waals surface area contributed by atoms with Crippen LogP contribution in [0.4, 0.5) is 0 Å². The van der Waals surface area contributed by atoms with Gasteiger partial charge < -0.3 is 14.6 Å². The van der Waals surface area contributed by atoms with E-state index >= 15 is 0 Å². The van der Waals surface area contributed by atoms with Gasteiger partial charge in [-0.2, -0.15) is 0 Å². The second-order valence-corrected chi connectivity index (χ2v) is 5.05. The summed E-state index contributed by atoms with van der Waals surface area (Å²) in [7, 11) is 2.17. The highest BCUT2D eigenvalue weighted by Crippen LogP contribution is 2.05. The lowest BCUT2D eigenvalue weighted by molar-refractivity contribution is 0.268. The van der Waals surface area contributed by atoms with Crippen molar-refractivity contribution in [1.82, 2.24) is 10.2 Å². The topological polar surface area (TPSA) is 28.4 Å². The molecule has 0 spiro atoms. The highest BCUT2D eigenvalue weighted by Gasteiger charge is 2.05. The molecule has 17 heavy (non-hydrogen) atoms. The van der Waals surface area contributed by atoms with Gasteiger partial charge >= 0.3 is 0 Å². The maximum Gasteiger partial charge on any atom is 0.103 e. The van der Waals surface area contributed by atoms with Crippen LogP contribution in [-0.4, -0.2) is 37.1 Å². The van der Waals surface area contributed by atoms with Crippen LogP contribution >= 0.6 is 0 Å². The van der Waals surface area contributed by atoms with Crippen molar-refractivity contribution in [3.8, 4) is 0 Å². The van der Waals surface area contributed by atoms with Crippen molar-refractivity contribution in [2.75, 3.05) is 20.1 Å². The van der Waals surface area contributed by atoms with Crippen LogP contribution in [0.2, 0.25) is 0 Å². The van der Waals surface area contributed by atoms with Crippen molar-refractivity contribution in [2.45, 2.75) is 45.7 Å². The van der Waals surface area contributed by atoms with E-state index in [1.165, 1.54) is 0 Å². The molecule has 0 fully saturated rings. The fourth-order valence-electron chi connectivity index (χ4n) is 1.66. The van der Waals surface area contributed by atoms with Crippen molar-refractivity contribution in [3.05, 3.63) is 24.2 Å². The van der Waals surface area contributed by atoms with E-state index in [0.717, 1.165) is 31.7 Å². The Kier molecular flexibility index (Phi) is 6.30. The molecule has 0 aliphatic rings. The molecule has 1 unspecified atom stereocenters. The molecule has 1 heterocycles. The third-order valence-electron chi connectivity index (χ3n) is 3.24. The number of aryl methyl sites for hydroxylation is 1. The summed E-state index contributed by atoms with van der Waals surface area (Å²) in [6, 6.07) is 5.15. The number of hydrogen-bond acceptors (Lipinski definition) is 3. The van der Waals surface area contributed by atoms with Crippen molar-refractivity contribution in [3.63, 3.8) is 0 Å². The zero-order chi connectivity index (χ0) is 12.7. The Hall–Kier alpha value is -0.800. The van der Waals surface area contributed by atoms with Gasteiger partial charge in [-0.3, -0.25) is 0 Å². The molecule has 3 nitrogen and oxygen atoms in total. The van der Waals surface area contributed by atoms with Crippen LogP contribution in [0.3, 0.4) is 0 Å². The van der Waals surface area contributed by atoms with Crippen LogP contribution in [0.15, 0.2) is 22.8 Å². The Labute approximate surface area is 105 Å². The first-order valence-corrected chi connectivity index (χ1v) is 6.55. The molecule has 98 valence electrons. The molecular weight excluding hydrogens is 212 g/mol. The summed E-state index contributed by atoms with van der Waals surface area (Å²) in [4.78, 5) is 2.35. The second-order valence-electron chi connectivity index (χ2n) is 5.05. The third-order valence-corrected chi connectivity index (χ3v) is 3.24. The highest BCUT2D eigenvalue weighted by molar-refractivity contribution is 4.98. The molecule has 1 aromatic heterocycles. The Morgan fingerprint density at radius 1 is 1.35 bits per heavy atom. The molecule has 0 saturated heterocycles. The molecule has 3 heteroatoms. The van der Waals surface area contributed by atoms with Gasteiger partial charge in [-0.05, 0) is 46.4 Å². The van der Waals surface area contributed by atoms with Gasteiger partial charge in [0.15, 0.2) is 0 Å². The Morgan fingerprint density at radius 3 is 2.71 bits per heavy atom. The third kappa shape index (κ3) is 5.89. The molecule has 1 atom stereocenters. The van der Waals surface area contributed by atoms with Gasteiger partial charge in [0.25, 0.3) is 0 Å². The highest BCUT2D eigenvalue weighted by atomic mass is 16.3. The largest absolute Gasteiger partial charge is 0.469 e. The minimum Gasteiger partial charge on any atom is -0.469 e. The fourth-order valence-corrected chi connectivity index (χ4v) is 1.66. The van der Waals surface area contributed by atoms with Crippen LogP contribution < -0.4 is 5.32 Å². The van der Waals surface area contributed by atoms with Gasteiger partial charge in [0, 0.05) is 31.6 Å². The smallest absolute Gasteiger partial charge is 0.103 e. The van der Waals surface area contributed by atoms with Crippen molar-refractivity contribution in [1.29, 1.82) is 0 Å². The molecule has 0 saturated carbocycles. The van der Waals surface area contributed by atoms with Crippen molar-refractivity contribution >= 4 is 0 Å². The van der Waals surface area contributed by atoms with Crippen LogP contribution in [0, 0.1) is 0 Å². The SMILES string of the molecule is CC(CCc1ccco1)NCCN(C)C(C)C. The van der Waals surface area contributed by atoms with Crippen LogP contribution in [0.5, 0.6) is 0 Å². The average molecular weight is 238 g/mol. The maximum atomic E-state index is 5.32. The summed E-state index contributed by atoms with van der Waals surface area (Å²) in [5, 5.41) is 3.55. The number of hydrogen-bond donors (Lipinski definition) is 1. The van der Waals surface area contributed by atoms with Gasteiger partial charge in [-0.15, -0.1) is 0 Å². The van der Waals surface area contributed by atoms with E-state index in [4.69, 9.17) is 4.42 Å². The Balaban J connectivity index is 2.07. The molecule has 0 radical (unpaired) electrons. The summed E-state index contributed by atoms with van der Waals surface area (Å²) in [5.74, 6) is 1.08. The predicted octanol–water partition coefficient (Wildman–Crippen LogP) is 2.53. The first-order valence-electron chi connectivity index (χ1n) is 6.55. The number of furan rings is 1. The maximum absolute atomic E-state index is 5.32. The normalized spacial score (nSPS) is 13.5. The molecule has 1 aromatic rings. The summed E-state index contributed by atoms with van der Waals surface area (Å²) in [6.45, 7) is 8.83. The molecule has 0 amide bonds. The minimum absolute atomic E-state index is 0.542. The van der Waals surface area contributed by atoms with Crippen molar-refractivity contribution in [2.24, 2.45) is 0 Å². The Morgan fingerprint density at radius 2 is 2.12 bits per heavy atom. The molecule has 0 aliphatic heterocycles. The standard InChI is InChI=1S/C14H26N2O/c1-12(2)16(4)10-9-15-13(3)7-8-14-6-5-11-17-14/h5-6,11-13,15H,7-10H2,1-4H3. The van der Waals surface area contributed by atoms with Crippen LogP contribution in [0.25, 0.3) is 0 Å². The summed E-state index contributed by atoms with van der Waals surface area (Å²) >= 11 is 0. The number of rotatable bonds is 8. The number of likely N-dealkylation sites (N-methyl/N-ethyl adjacent to an activating group) is 1. The van der Waals surface area contributed by atoms with Gasteiger partial charge in [0.05, 0.1) is 6.26 Å². The lowest BCUT2D eigenvalue weighted by Gasteiger charge is -2.22. The first-order chi connectivity index (χ1) is 8.09. The van der Waals surface area contributed by atoms with Gasteiger partial charge in [-0.1, -0.05) is 0 Å². The summed E-state index contributed by atoms with van der Waals surface area (Å²) in [5.41, 5.74) is 0. The molecule has 1 rings (SSSR count). The van der Waals surface area contributed by atoms with E-state index in [0.29, 0.717) is 12.1 Å². The van der Waals surface area contributed by atoms with Crippen LogP contribution in [0.1, 0.15) is 33.0 Å². The zero-order valence-corrected chi connectivity index (χ0v) is 11.6. The van der Waals surface area contributed by atoms with E-state index in [-0.39, 0.29) is 0 Å². The van der Waals surface area contributed by atoms with Gasteiger partial charge in [0.1, 0.15) is 5.76 Å². The lowest BCUT2D eigenvalue weighted by atomic mass is 10.1. The first kappa shape index (κ1) is 14.3. The van der Waals surface area contributed by atoms with E-state index in [1.54, 1.807) is 6.26 Å². The summed E-state index contributed by atoms with van der Waals surface area (Å²) in [6.07, 6.45) is 3.88. The Bertz CT molecular complexity index is 282. The average Bonchev–Trinajstić information content (AvgIpc) is 2.78. The van der Waals surface area contributed by atoms with E-state index in [1.807, 2.05) is 12.1 Å². The van der Waals surface area contributed by atoms with Gasteiger partial charge in [-0.25, -0.2) is 0 Å². The predicted molar refractivity (Wildman–Crippen MR) is 72.3 cm³/mol.